The number of aryl methyl sites for hydroxylation is 1. The number of ether oxygens (including phenoxy) is 1. The van der Waals surface area contributed by atoms with Crippen LogP contribution in [0.3, 0.4) is 0 Å². The molecule has 1 aromatic carbocycles. The Kier molecular flexibility index (Phi) is 5.04. The maximum Gasteiger partial charge on any atom is 0.323 e. The maximum atomic E-state index is 12.2. The number of rotatable bonds is 4. The van der Waals surface area contributed by atoms with Crippen LogP contribution in [0.2, 0.25) is 5.02 Å². The number of amides is 2. The zero-order valence-electron chi connectivity index (χ0n) is 14.4. The highest BCUT2D eigenvalue weighted by atomic mass is 35.5. The highest BCUT2D eigenvalue weighted by Crippen LogP contribution is 2.27. The number of hydrogen-bond acceptors (Lipinski definition) is 5. The summed E-state index contributed by atoms with van der Waals surface area (Å²) in [6, 6.07) is 4.49. The Balaban J connectivity index is 1.70. The molecule has 0 radical (unpaired) electrons. The summed E-state index contributed by atoms with van der Waals surface area (Å²) in [6.45, 7) is 3.85. The minimum Gasteiger partial charge on any atom is -0.495 e. The number of aromatic nitrogens is 4. The van der Waals surface area contributed by atoms with Crippen LogP contribution in [0.5, 0.6) is 5.75 Å². The highest BCUT2D eigenvalue weighted by molar-refractivity contribution is 6.31. The average Bonchev–Trinajstić information content (AvgIpc) is 2.95. The summed E-state index contributed by atoms with van der Waals surface area (Å²) in [4.78, 5) is 24.9. The van der Waals surface area contributed by atoms with E-state index < -0.39 is 6.03 Å². The minimum absolute atomic E-state index is 0.446. The molecule has 3 aromatic rings. The van der Waals surface area contributed by atoms with Gasteiger partial charge in [-0.15, -0.1) is 0 Å². The second-order valence-electron chi connectivity index (χ2n) is 5.48. The van der Waals surface area contributed by atoms with Gasteiger partial charge in [-0.3, -0.25) is 4.57 Å². The first-order chi connectivity index (χ1) is 12.5. The lowest BCUT2D eigenvalue weighted by atomic mass is 10.3. The normalized spacial score (nSPS) is 10.5. The van der Waals surface area contributed by atoms with Crippen molar-refractivity contribution in [2.24, 2.45) is 0 Å². The van der Waals surface area contributed by atoms with Gasteiger partial charge in [0.2, 0.25) is 5.95 Å². The van der Waals surface area contributed by atoms with Crippen LogP contribution in [0, 0.1) is 13.8 Å². The van der Waals surface area contributed by atoms with E-state index in [-0.39, 0.29) is 0 Å². The van der Waals surface area contributed by atoms with Crippen LogP contribution in [-0.2, 0) is 0 Å². The van der Waals surface area contributed by atoms with Crippen LogP contribution >= 0.6 is 11.6 Å². The van der Waals surface area contributed by atoms with Gasteiger partial charge in [0.15, 0.2) is 0 Å². The van der Waals surface area contributed by atoms with E-state index >= 15 is 0 Å². The van der Waals surface area contributed by atoms with Gasteiger partial charge in [0.05, 0.1) is 36.6 Å². The molecule has 26 heavy (non-hydrogen) atoms. The summed E-state index contributed by atoms with van der Waals surface area (Å²) in [6.07, 6.45) is 4.70. The molecule has 0 aliphatic heterocycles. The Morgan fingerprint density at radius 3 is 2.50 bits per heavy atom. The topological polar surface area (TPSA) is 94.0 Å². The fraction of sp³-hybridized carbons (Fsp3) is 0.176. The van der Waals surface area contributed by atoms with Crippen LogP contribution in [0.4, 0.5) is 16.2 Å². The van der Waals surface area contributed by atoms with Gasteiger partial charge in [0, 0.05) is 10.7 Å². The van der Waals surface area contributed by atoms with Crippen LogP contribution in [0.1, 0.15) is 11.4 Å². The number of anilines is 2. The van der Waals surface area contributed by atoms with Gasteiger partial charge in [-0.25, -0.2) is 19.7 Å². The molecule has 0 unspecified atom stereocenters. The van der Waals surface area contributed by atoms with E-state index in [2.05, 4.69) is 25.6 Å². The molecule has 8 nitrogen and oxygen atoms in total. The fourth-order valence-corrected chi connectivity index (χ4v) is 2.45. The van der Waals surface area contributed by atoms with Crippen molar-refractivity contribution < 1.29 is 9.53 Å². The van der Waals surface area contributed by atoms with E-state index in [1.54, 1.807) is 29.1 Å². The molecule has 2 N–H and O–H groups in total. The molecular weight excluding hydrogens is 356 g/mol. The first-order valence-electron chi connectivity index (χ1n) is 7.72. The summed E-state index contributed by atoms with van der Waals surface area (Å²) in [5.41, 5.74) is 2.77. The Bertz CT molecular complexity index is 939. The van der Waals surface area contributed by atoms with E-state index in [1.807, 2.05) is 13.8 Å². The number of carbonyl (C=O) groups excluding carboxylic acids is 1. The van der Waals surface area contributed by atoms with Crippen LogP contribution in [-0.4, -0.2) is 32.7 Å². The maximum absolute atomic E-state index is 12.2. The van der Waals surface area contributed by atoms with Gasteiger partial charge < -0.3 is 15.4 Å². The molecule has 2 heterocycles. The number of methoxy groups -OCH3 is 1. The van der Waals surface area contributed by atoms with Crippen molar-refractivity contribution in [3.05, 3.63) is 53.3 Å². The molecule has 0 aliphatic carbocycles. The quantitative estimate of drug-likeness (QED) is 0.729. The Hall–Kier alpha value is -3.13. The zero-order chi connectivity index (χ0) is 18.7. The first-order valence-corrected chi connectivity index (χ1v) is 8.10. The number of nitrogens with zero attached hydrogens (tertiary/aromatic N) is 4. The van der Waals surface area contributed by atoms with Crippen LogP contribution in [0.25, 0.3) is 5.95 Å². The van der Waals surface area contributed by atoms with Crippen molar-refractivity contribution in [1.82, 2.24) is 19.5 Å². The summed E-state index contributed by atoms with van der Waals surface area (Å²) in [7, 11) is 1.51. The molecule has 2 aromatic heterocycles. The fourth-order valence-electron chi connectivity index (χ4n) is 2.27. The predicted octanol–water partition coefficient (Wildman–Crippen LogP) is 3.59. The largest absolute Gasteiger partial charge is 0.495 e. The molecule has 2 amide bonds. The molecular formula is C17H17ClN6O2. The number of halogens is 1. The third-order valence-electron chi connectivity index (χ3n) is 3.77. The molecule has 0 aliphatic rings. The molecule has 9 heteroatoms. The van der Waals surface area contributed by atoms with Crippen molar-refractivity contribution in [2.45, 2.75) is 13.8 Å². The Labute approximate surface area is 155 Å². The smallest absolute Gasteiger partial charge is 0.323 e. The van der Waals surface area contributed by atoms with Gasteiger partial charge in [-0.2, -0.15) is 0 Å². The van der Waals surface area contributed by atoms with E-state index in [4.69, 9.17) is 16.3 Å². The Morgan fingerprint density at radius 2 is 1.88 bits per heavy atom. The zero-order valence-corrected chi connectivity index (χ0v) is 15.2. The van der Waals surface area contributed by atoms with Gasteiger partial charge in [0.1, 0.15) is 12.1 Å². The SMILES string of the molecule is COc1ccc(Cl)cc1NC(=O)Nc1cnc(-n2cnc(C)c2C)nc1. The number of benzene rings is 1. The second-order valence-corrected chi connectivity index (χ2v) is 5.92. The van der Waals surface area contributed by atoms with Gasteiger partial charge >= 0.3 is 6.03 Å². The van der Waals surface area contributed by atoms with Crippen molar-refractivity contribution in [3.63, 3.8) is 0 Å². The highest BCUT2D eigenvalue weighted by Gasteiger charge is 2.10. The standard InChI is InChI=1S/C17H17ClN6O2/c1-10-11(2)24(9-21-10)16-19-7-13(8-20-16)22-17(25)23-14-6-12(18)4-5-15(14)26-3/h4-9H,1-3H3,(H2,22,23,25). The number of carbonyl (C=O) groups is 1. The third-order valence-corrected chi connectivity index (χ3v) is 4.01. The lowest BCUT2D eigenvalue weighted by Gasteiger charge is -2.11. The van der Waals surface area contributed by atoms with E-state index in [1.165, 1.54) is 19.5 Å². The predicted molar refractivity (Wildman–Crippen MR) is 99.3 cm³/mol. The van der Waals surface area contributed by atoms with Crippen LogP contribution < -0.4 is 15.4 Å². The van der Waals surface area contributed by atoms with Crippen molar-refractivity contribution in [3.8, 4) is 11.7 Å². The first kappa shape index (κ1) is 17.7. The van der Waals surface area contributed by atoms with Crippen molar-refractivity contribution >= 4 is 29.0 Å². The van der Waals surface area contributed by atoms with Gasteiger partial charge in [-0.1, -0.05) is 11.6 Å². The summed E-state index contributed by atoms with van der Waals surface area (Å²) in [5.74, 6) is 0.979. The average molecular weight is 373 g/mol. The van der Waals surface area contributed by atoms with Gasteiger partial charge in [-0.05, 0) is 32.0 Å². The molecule has 0 saturated carbocycles. The monoisotopic (exact) mass is 372 g/mol. The summed E-state index contributed by atoms with van der Waals surface area (Å²) in [5, 5.41) is 5.83. The molecule has 0 spiro atoms. The minimum atomic E-state index is -0.462. The summed E-state index contributed by atoms with van der Waals surface area (Å²) < 4.78 is 6.97. The summed E-state index contributed by atoms with van der Waals surface area (Å²) >= 11 is 5.95. The lowest BCUT2D eigenvalue weighted by Crippen LogP contribution is -2.20. The third kappa shape index (κ3) is 3.75. The molecule has 134 valence electrons. The van der Waals surface area contributed by atoms with E-state index in [0.29, 0.717) is 28.1 Å². The molecule has 0 atom stereocenters. The number of urea groups is 1. The van der Waals surface area contributed by atoms with Gasteiger partial charge in [0.25, 0.3) is 0 Å². The lowest BCUT2D eigenvalue weighted by molar-refractivity contribution is 0.262. The molecule has 0 bridgehead atoms. The van der Waals surface area contributed by atoms with Crippen molar-refractivity contribution in [2.75, 3.05) is 17.7 Å². The number of hydrogen-bond donors (Lipinski definition) is 2. The second kappa shape index (κ2) is 7.40. The van der Waals surface area contributed by atoms with E-state index in [9.17, 15) is 4.79 Å². The number of nitrogens with one attached hydrogen (secondary N) is 2. The Morgan fingerprint density at radius 1 is 1.15 bits per heavy atom. The van der Waals surface area contributed by atoms with E-state index in [0.717, 1.165) is 11.4 Å². The molecule has 0 saturated heterocycles. The van der Waals surface area contributed by atoms with Crippen molar-refractivity contribution in [1.29, 1.82) is 0 Å². The number of imidazole rings is 1. The van der Waals surface area contributed by atoms with Crippen LogP contribution in [0.15, 0.2) is 36.9 Å². The molecule has 3 rings (SSSR count). The molecule has 0 fully saturated rings.